The number of carbonyl (C=O) groups is 1. The zero-order valence-electron chi connectivity index (χ0n) is 9.39. The van der Waals surface area contributed by atoms with Crippen LogP contribution in [0.15, 0.2) is 18.3 Å². The highest BCUT2D eigenvalue weighted by Crippen LogP contribution is 2.23. The largest absolute Gasteiger partial charge is 0.478 e. The van der Waals surface area contributed by atoms with Crippen molar-refractivity contribution >= 4 is 11.8 Å². The van der Waals surface area contributed by atoms with E-state index < -0.39 is 5.97 Å². The van der Waals surface area contributed by atoms with Crippen LogP contribution in [0.25, 0.3) is 0 Å². The summed E-state index contributed by atoms with van der Waals surface area (Å²) in [5, 5.41) is 9.10. The topological polar surface area (TPSA) is 53.4 Å². The van der Waals surface area contributed by atoms with Crippen LogP contribution in [-0.4, -0.2) is 29.1 Å². The van der Waals surface area contributed by atoms with E-state index >= 15 is 0 Å². The van der Waals surface area contributed by atoms with Crippen molar-refractivity contribution in [2.24, 2.45) is 5.92 Å². The highest BCUT2D eigenvalue weighted by Gasteiger charge is 2.21. The van der Waals surface area contributed by atoms with Crippen LogP contribution in [0, 0.1) is 5.92 Å². The minimum atomic E-state index is -0.902. The first-order valence-electron chi connectivity index (χ1n) is 5.61. The number of carboxylic acid groups (broad SMARTS) is 1. The van der Waals surface area contributed by atoms with Gasteiger partial charge in [-0.05, 0) is 30.9 Å². The van der Waals surface area contributed by atoms with Crippen LogP contribution in [-0.2, 0) is 0 Å². The molecule has 1 aromatic heterocycles. The van der Waals surface area contributed by atoms with Crippen molar-refractivity contribution in [3.63, 3.8) is 0 Å². The van der Waals surface area contributed by atoms with E-state index in [1.165, 1.54) is 6.42 Å². The van der Waals surface area contributed by atoms with Crippen LogP contribution in [0.2, 0.25) is 0 Å². The highest BCUT2D eigenvalue weighted by atomic mass is 16.4. The predicted octanol–water partition coefficient (Wildman–Crippen LogP) is 2.02. The summed E-state index contributed by atoms with van der Waals surface area (Å²) < 4.78 is 0. The maximum Gasteiger partial charge on any atom is 0.339 e. The first-order chi connectivity index (χ1) is 7.68. The third-order valence-corrected chi connectivity index (χ3v) is 2.97. The van der Waals surface area contributed by atoms with Gasteiger partial charge in [-0.2, -0.15) is 0 Å². The van der Waals surface area contributed by atoms with Crippen molar-refractivity contribution < 1.29 is 9.90 Å². The molecule has 0 aromatic carbocycles. The molecule has 1 N–H and O–H groups in total. The summed E-state index contributed by atoms with van der Waals surface area (Å²) >= 11 is 0. The molecule has 4 heteroatoms. The van der Waals surface area contributed by atoms with E-state index in [4.69, 9.17) is 5.11 Å². The molecule has 1 aliphatic heterocycles. The van der Waals surface area contributed by atoms with E-state index in [0.29, 0.717) is 17.3 Å². The lowest BCUT2D eigenvalue weighted by Gasteiger charge is -2.32. The van der Waals surface area contributed by atoms with Crippen molar-refractivity contribution in [3.8, 4) is 0 Å². The second-order valence-corrected chi connectivity index (χ2v) is 4.37. The van der Waals surface area contributed by atoms with Gasteiger partial charge in [-0.25, -0.2) is 9.78 Å². The molecule has 0 radical (unpaired) electrons. The van der Waals surface area contributed by atoms with Gasteiger partial charge < -0.3 is 10.0 Å². The fourth-order valence-electron chi connectivity index (χ4n) is 2.20. The molecule has 16 heavy (non-hydrogen) atoms. The van der Waals surface area contributed by atoms with E-state index in [2.05, 4.69) is 16.8 Å². The summed E-state index contributed by atoms with van der Waals surface area (Å²) in [7, 11) is 0. The highest BCUT2D eigenvalue weighted by molar-refractivity contribution is 5.93. The Morgan fingerprint density at radius 2 is 2.44 bits per heavy atom. The molecule has 0 aliphatic carbocycles. The van der Waals surface area contributed by atoms with Crippen LogP contribution in [0.1, 0.15) is 30.1 Å². The Morgan fingerprint density at radius 1 is 1.62 bits per heavy atom. The number of aromatic carboxylic acids is 1. The summed E-state index contributed by atoms with van der Waals surface area (Å²) in [6.45, 7) is 3.99. The van der Waals surface area contributed by atoms with Gasteiger partial charge in [-0.15, -0.1) is 0 Å². The summed E-state index contributed by atoms with van der Waals surface area (Å²) in [6.07, 6.45) is 3.98. The Balaban J connectivity index is 2.28. The average molecular weight is 220 g/mol. The zero-order chi connectivity index (χ0) is 11.5. The number of anilines is 1. The molecule has 1 fully saturated rings. The van der Waals surface area contributed by atoms with Gasteiger partial charge in [0.1, 0.15) is 11.4 Å². The Bertz CT molecular complexity index is 392. The molecule has 2 heterocycles. The van der Waals surface area contributed by atoms with Crippen molar-refractivity contribution in [2.75, 3.05) is 18.0 Å². The minimum Gasteiger partial charge on any atom is -0.478 e. The van der Waals surface area contributed by atoms with Gasteiger partial charge in [0.25, 0.3) is 0 Å². The molecule has 0 saturated carbocycles. The normalized spacial score (nSPS) is 20.8. The SMILES string of the molecule is CC1CCCN(c2ncccc2C(=O)O)C1. The Kier molecular flexibility index (Phi) is 3.08. The van der Waals surface area contributed by atoms with E-state index in [9.17, 15) is 4.79 Å². The minimum absolute atomic E-state index is 0.302. The monoisotopic (exact) mass is 220 g/mol. The molecular formula is C12H16N2O2. The standard InChI is InChI=1S/C12H16N2O2/c1-9-4-3-7-14(8-9)11-10(12(15)16)5-2-6-13-11/h2,5-6,9H,3-4,7-8H2,1H3,(H,15,16). The van der Waals surface area contributed by atoms with Gasteiger partial charge in [0.05, 0.1) is 0 Å². The molecule has 1 aromatic rings. The predicted molar refractivity (Wildman–Crippen MR) is 61.8 cm³/mol. The van der Waals surface area contributed by atoms with Gasteiger partial charge in [0, 0.05) is 19.3 Å². The molecule has 2 rings (SSSR count). The second kappa shape index (κ2) is 4.51. The third-order valence-electron chi connectivity index (χ3n) is 2.97. The van der Waals surface area contributed by atoms with Gasteiger partial charge in [0.2, 0.25) is 0 Å². The van der Waals surface area contributed by atoms with Gasteiger partial charge in [-0.3, -0.25) is 0 Å². The number of pyridine rings is 1. The van der Waals surface area contributed by atoms with Crippen LogP contribution in [0.3, 0.4) is 0 Å². The number of piperidine rings is 1. The number of hydrogen-bond donors (Lipinski definition) is 1. The quantitative estimate of drug-likeness (QED) is 0.828. The summed E-state index contributed by atoms with van der Waals surface area (Å²) in [5.74, 6) is 0.320. The molecule has 1 aliphatic rings. The lowest BCUT2D eigenvalue weighted by molar-refractivity contribution is 0.0697. The number of nitrogens with zero attached hydrogens (tertiary/aromatic N) is 2. The first-order valence-corrected chi connectivity index (χ1v) is 5.61. The number of rotatable bonds is 2. The van der Waals surface area contributed by atoms with E-state index in [-0.39, 0.29) is 0 Å². The maximum atomic E-state index is 11.1. The van der Waals surface area contributed by atoms with Gasteiger partial charge in [0.15, 0.2) is 0 Å². The summed E-state index contributed by atoms with van der Waals surface area (Å²) in [6, 6.07) is 3.28. The fourth-order valence-corrected chi connectivity index (χ4v) is 2.20. The molecule has 86 valence electrons. The lowest BCUT2D eigenvalue weighted by atomic mass is 10.00. The van der Waals surface area contributed by atoms with Crippen LogP contribution in [0.5, 0.6) is 0 Å². The van der Waals surface area contributed by atoms with Crippen molar-refractivity contribution in [2.45, 2.75) is 19.8 Å². The zero-order valence-corrected chi connectivity index (χ0v) is 9.39. The molecular weight excluding hydrogens is 204 g/mol. The Labute approximate surface area is 94.9 Å². The van der Waals surface area contributed by atoms with Crippen molar-refractivity contribution in [1.29, 1.82) is 0 Å². The van der Waals surface area contributed by atoms with Gasteiger partial charge >= 0.3 is 5.97 Å². The fraction of sp³-hybridized carbons (Fsp3) is 0.500. The lowest BCUT2D eigenvalue weighted by Crippen LogP contribution is -2.35. The van der Waals surface area contributed by atoms with E-state index in [1.54, 1.807) is 18.3 Å². The molecule has 0 spiro atoms. The van der Waals surface area contributed by atoms with Crippen LogP contribution < -0.4 is 4.90 Å². The molecule has 0 bridgehead atoms. The third kappa shape index (κ3) is 2.15. The maximum absolute atomic E-state index is 11.1. The molecule has 0 amide bonds. The van der Waals surface area contributed by atoms with Crippen LogP contribution >= 0.6 is 0 Å². The molecule has 1 atom stereocenters. The smallest absolute Gasteiger partial charge is 0.339 e. The summed E-state index contributed by atoms with van der Waals surface area (Å²) in [5.41, 5.74) is 0.302. The average Bonchev–Trinajstić information content (AvgIpc) is 2.29. The van der Waals surface area contributed by atoms with Crippen LogP contribution in [0.4, 0.5) is 5.82 Å². The summed E-state index contributed by atoms with van der Waals surface area (Å²) in [4.78, 5) is 17.4. The second-order valence-electron chi connectivity index (χ2n) is 4.37. The Hall–Kier alpha value is -1.58. The number of hydrogen-bond acceptors (Lipinski definition) is 3. The van der Waals surface area contributed by atoms with Crippen molar-refractivity contribution in [3.05, 3.63) is 23.9 Å². The number of aromatic nitrogens is 1. The molecule has 4 nitrogen and oxygen atoms in total. The van der Waals surface area contributed by atoms with Crippen molar-refractivity contribution in [1.82, 2.24) is 4.98 Å². The van der Waals surface area contributed by atoms with E-state index in [0.717, 1.165) is 19.5 Å². The first kappa shape index (κ1) is 10.9. The number of carboxylic acids is 1. The Morgan fingerprint density at radius 3 is 3.12 bits per heavy atom. The van der Waals surface area contributed by atoms with E-state index in [1.807, 2.05) is 0 Å². The molecule has 1 unspecified atom stereocenters. The molecule has 1 saturated heterocycles. The van der Waals surface area contributed by atoms with Gasteiger partial charge in [-0.1, -0.05) is 6.92 Å².